The molecule has 0 heterocycles. The summed E-state index contributed by atoms with van der Waals surface area (Å²) in [5.41, 5.74) is 0. The highest BCUT2D eigenvalue weighted by atomic mass is 16.6. The van der Waals surface area contributed by atoms with Gasteiger partial charge in [0, 0.05) is 12.8 Å². The molecule has 0 bridgehead atoms. The molecule has 0 aromatic heterocycles. The van der Waals surface area contributed by atoms with Gasteiger partial charge in [-0.25, -0.2) is 0 Å². The quantitative estimate of drug-likeness (QED) is 0.0373. The van der Waals surface area contributed by atoms with E-state index in [2.05, 4.69) is 135 Å². The second kappa shape index (κ2) is 69.6. The van der Waals surface area contributed by atoms with Gasteiger partial charge in [-0.3, -0.25) is 9.59 Å². The van der Waals surface area contributed by atoms with E-state index in [-0.39, 0.29) is 25.2 Å². The Labute approximate surface area is 496 Å². The highest BCUT2D eigenvalue weighted by Crippen LogP contribution is 2.18. The van der Waals surface area contributed by atoms with E-state index in [0.29, 0.717) is 12.8 Å². The standard InChI is InChI=1S/C75H128O5/c1-3-5-7-9-11-13-15-17-19-21-23-25-27-29-31-33-35-36-37-38-40-42-44-46-48-50-52-54-56-58-60-62-64-66-68-70-75(78)80-73(71-76)72-79-74(77)69-67-65-63-61-59-57-55-53-51-49-47-45-43-41-39-34-32-30-28-26-24-22-20-18-16-14-12-10-8-6-4-2/h5-8,11-14,17-20,23-26,29,31,35-36,73,76H,3-4,9-10,15-16,21-22,27-28,30,32-34,37-72H2,1-2H3/b7-5-,8-6-,13-11-,14-12-,19-17-,20-18-,25-23-,26-24-,31-29-,36-35-. The number of esters is 2. The third-order valence-electron chi connectivity index (χ3n) is 14.8. The summed E-state index contributed by atoms with van der Waals surface area (Å²) < 4.78 is 10.8. The number of rotatable bonds is 62. The minimum atomic E-state index is -0.778. The van der Waals surface area contributed by atoms with Gasteiger partial charge in [-0.1, -0.05) is 328 Å². The van der Waals surface area contributed by atoms with Crippen LogP contribution in [0.15, 0.2) is 122 Å². The van der Waals surface area contributed by atoms with Crippen LogP contribution in [-0.4, -0.2) is 36.4 Å². The Kier molecular flexibility index (Phi) is 66.4. The molecule has 80 heavy (non-hydrogen) atoms. The molecule has 0 rings (SSSR count). The predicted molar refractivity (Wildman–Crippen MR) is 352 cm³/mol. The summed E-state index contributed by atoms with van der Waals surface area (Å²) in [6.45, 7) is 3.94. The fourth-order valence-electron chi connectivity index (χ4n) is 9.73. The van der Waals surface area contributed by atoms with Gasteiger partial charge in [-0.2, -0.15) is 0 Å². The molecule has 5 heteroatoms. The summed E-state index contributed by atoms with van der Waals surface area (Å²) in [5, 5.41) is 9.70. The molecule has 0 aromatic carbocycles. The molecule has 1 unspecified atom stereocenters. The number of aliphatic hydroxyl groups is 1. The monoisotopic (exact) mass is 1110 g/mol. The van der Waals surface area contributed by atoms with E-state index in [9.17, 15) is 14.7 Å². The second-order valence-corrected chi connectivity index (χ2v) is 22.5. The number of carbonyl (C=O) groups is 2. The van der Waals surface area contributed by atoms with Gasteiger partial charge >= 0.3 is 11.9 Å². The predicted octanol–water partition coefficient (Wildman–Crippen LogP) is 23.8. The average Bonchev–Trinajstić information content (AvgIpc) is 3.46. The molecular weight excluding hydrogens is 981 g/mol. The molecular formula is C75H128O5. The lowest BCUT2D eigenvalue weighted by molar-refractivity contribution is -0.161. The lowest BCUT2D eigenvalue weighted by Gasteiger charge is -2.15. The Balaban J connectivity index is 3.46. The maximum atomic E-state index is 12.4. The van der Waals surface area contributed by atoms with Crippen molar-refractivity contribution in [2.24, 2.45) is 0 Å². The van der Waals surface area contributed by atoms with Crippen LogP contribution in [0.4, 0.5) is 0 Å². The lowest BCUT2D eigenvalue weighted by Crippen LogP contribution is -2.28. The number of ether oxygens (including phenoxy) is 2. The zero-order valence-corrected chi connectivity index (χ0v) is 52.6. The van der Waals surface area contributed by atoms with E-state index in [4.69, 9.17) is 9.47 Å². The van der Waals surface area contributed by atoms with Crippen LogP contribution in [0.5, 0.6) is 0 Å². The molecule has 5 nitrogen and oxygen atoms in total. The summed E-state index contributed by atoms with van der Waals surface area (Å²) in [6, 6.07) is 0. The number of hydrogen-bond donors (Lipinski definition) is 1. The van der Waals surface area contributed by atoms with Crippen molar-refractivity contribution in [3.63, 3.8) is 0 Å². The number of hydrogen-bond acceptors (Lipinski definition) is 5. The Morgan fingerprint density at radius 3 is 0.750 bits per heavy atom. The second-order valence-electron chi connectivity index (χ2n) is 22.5. The topological polar surface area (TPSA) is 72.8 Å². The molecule has 0 saturated heterocycles. The van der Waals surface area contributed by atoms with Gasteiger partial charge in [-0.05, 0) is 103 Å². The van der Waals surface area contributed by atoms with E-state index in [1.54, 1.807) is 0 Å². The van der Waals surface area contributed by atoms with Gasteiger partial charge in [0.2, 0.25) is 0 Å². The third-order valence-corrected chi connectivity index (χ3v) is 14.8. The molecule has 0 fully saturated rings. The van der Waals surface area contributed by atoms with Crippen molar-refractivity contribution in [3.05, 3.63) is 122 Å². The largest absolute Gasteiger partial charge is 0.462 e. The average molecular weight is 1110 g/mol. The lowest BCUT2D eigenvalue weighted by atomic mass is 10.0. The Morgan fingerprint density at radius 2 is 0.500 bits per heavy atom. The van der Waals surface area contributed by atoms with Crippen LogP contribution in [0.3, 0.4) is 0 Å². The molecule has 0 amide bonds. The van der Waals surface area contributed by atoms with E-state index < -0.39 is 6.10 Å². The van der Waals surface area contributed by atoms with Crippen molar-refractivity contribution in [3.8, 4) is 0 Å². The number of allylic oxidation sites excluding steroid dienone is 20. The number of aliphatic hydroxyl groups excluding tert-OH is 1. The van der Waals surface area contributed by atoms with Crippen LogP contribution in [0.1, 0.15) is 322 Å². The summed E-state index contributed by atoms with van der Waals surface area (Å²) in [4.78, 5) is 24.7. The highest BCUT2D eigenvalue weighted by molar-refractivity contribution is 5.70. The fraction of sp³-hybridized carbons (Fsp3) is 0.707. The third kappa shape index (κ3) is 66.8. The SMILES string of the molecule is CC/C=C\C/C=C\C/C=C\C/C=C\C/C=C\C/C=C\CCCCCCCCCCCCCCCCCCC(=O)OC(CO)COC(=O)CCCCCCCCCCCCCCCCCCCC/C=C\C/C=C\C/C=C\C/C=C\CC. The number of carbonyl (C=O) groups excluding carboxylic acids is 2. The zero-order valence-electron chi connectivity index (χ0n) is 52.6. The van der Waals surface area contributed by atoms with Crippen LogP contribution in [0.25, 0.3) is 0 Å². The Hall–Kier alpha value is -3.70. The maximum absolute atomic E-state index is 12.4. The highest BCUT2D eigenvalue weighted by Gasteiger charge is 2.16. The first-order valence-electron chi connectivity index (χ1n) is 34.1. The summed E-state index contributed by atoms with van der Waals surface area (Å²) in [6.07, 6.45) is 102. The molecule has 0 saturated carbocycles. The molecule has 0 aliphatic rings. The summed E-state index contributed by atoms with van der Waals surface area (Å²) >= 11 is 0. The van der Waals surface area contributed by atoms with Gasteiger partial charge in [0.25, 0.3) is 0 Å². The van der Waals surface area contributed by atoms with Crippen molar-refractivity contribution in [2.75, 3.05) is 13.2 Å². The van der Waals surface area contributed by atoms with Gasteiger partial charge in [0.15, 0.2) is 6.10 Å². The molecule has 0 spiro atoms. The zero-order chi connectivity index (χ0) is 57.6. The molecule has 0 radical (unpaired) electrons. The molecule has 1 N–H and O–H groups in total. The van der Waals surface area contributed by atoms with Gasteiger partial charge in [0.05, 0.1) is 6.61 Å². The Bertz CT molecular complexity index is 1590. The molecule has 0 aliphatic heterocycles. The van der Waals surface area contributed by atoms with Gasteiger partial charge in [-0.15, -0.1) is 0 Å². The molecule has 0 aromatic rings. The minimum absolute atomic E-state index is 0.0669. The van der Waals surface area contributed by atoms with Crippen molar-refractivity contribution in [1.29, 1.82) is 0 Å². The van der Waals surface area contributed by atoms with Crippen LogP contribution in [-0.2, 0) is 19.1 Å². The van der Waals surface area contributed by atoms with Crippen LogP contribution >= 0.6 is 0 Å². The summed E-state index contributed by atoms with van der Waals surface area (Å²) in [7, 11) is 0. The number of unbranched alkanes of at least 4 members (excludes halogenated alkanes) is 34. The van der Waals surface area contributed by atoms with E-state index in [0.717, 1.165) is 103 Å². The Morgan fingerprint density at radius 1 is 0.287 bits per heavy atom. The van der Waals surface area contributed by atoms with E-state index in [1.807, 2.05) is 0 Å². The smallest absolute Gasteiger partial charge is 0.306 e. The van der Waals surface area contributed by atoms with E-state index in [1.165, 1.54) is 193 Å². The summed E-state index contributed by atoms with van der Waals surface area (Å²) in [5.74, 6) is -0.581. The van der Waals surface area contributed by atoms with Crippen molar-refractivity contribution < 1.29 is 24.2 Å². The van der Waals surface area contributed by atoms with Crippen LogP contribution < -0.4 is 0 Å². The molecule has 1 atom stereocenters. The van der Waals surface area contributed by atoms with Gasteiger partial charge < -0.3 is 14.6 Å². The van der Waals surface area contributed by atoms with Crippen molar-refractivity contribution in [1.82, 2.24) is 0 Å². The molecule has 0 aliphatic carbocycles. The van der Waals surface area contributed by atoms with Crippen molar-refractivity contribution in [2.45, 2.75) is 328 Å². The normalized spacial score (nSPS) is 13.0. The van der Waals surface area contributed by atoms with Crippen LogP contribution in [0, 0.1) is 0 Å². The first-order valence-corrected chi connectivity index (χ1v) is 34.1. The fourth-order valence-corrected chi connectivity index (χ4v) is 9.73. The molecule has 458 valence electrons. The van der Waals surface area contributed by atoms with E-state index >= 15 is 0 Å². The first-order chi connectivity index (χ1) is 39.6. The maximum Gasteiger partial charge on any atom is 0.306 e. The van der Waals surface area contributed by atoms with Gasteiger partial charge in [0.1, 0.15) is 6.61 Å². The minimum Gasteiger partial charge on any atom is -0.462 e. The van der Waals surface area contributed by atoms with Crippen LogP contribution in [0.2, 0.25) is 0 Å². The first kappa shape index (κ1) is 76.3. The van der Waals surface area contributed by atoms with Crippen molar-refractivity contribution >= 4 is 11.9 Å².